The zero-order chi connectivity index (χ0) is 26.6. The SMILES string of the molecule is CCCCCCCCCCCCCCCCCCCCCC(CCCCCCCC)COS(=O)(=O)O. The average molecular weight is 533 g/mol. The van der Waals surface area contributed by atoms with Crippen LogP contribution in [0.15, 0.2) is 0 Å². The van der Waals surface area contributed by atoms with Crippen LogP contribution in [0.4, 0.5) is 0 Å². The molecule has 0 heterocycles. The van der Waals surface area contributed by atoms with E-state index in [0.717, 1.165) is 25.7 Å². The molecule has 0 amide bonds. The molecule has 0 spiro atoms. The Labute approximate surface area is 227 Å². The molecule has 0 bridgehead atoms. The van der Waals surface area contributed by atoms with Crippen LogP contribution in [0.25, 0.3) is 0 Å². The van der Waals surface area contributed by atoms with Gasteiger partial charge in [-0.1, -0.05) is 174 Å². The van der Waals surface area contributed by atoms with Crippen molar-refractivity contribution in [3.05, 3.63) is 0 Å². The highest BCUT2D eigenvalue weighted by molar-refractivity contribution is 7.80. The van der Waals surface area contributed by atoms with Crippen molar-refractivity contribution in [2.45, 2.75) is 187 Å². The highest BCUT2D eigenvalue weighted by Gasteiger charge is 2.13. The molecule has 36 heavy (non-hydrogen) atoms. The molecule has 0 saturated heterocycles. The Hall–Kier alpha value is -0.130. The van der Waals surface area contributed by atoms with Gasteiger partial charge in [0.05, 0.1) is 6.61 Å². The van der Waals surface area contributed by atoms with Gasteiger partial charge in [0.25, 0.3) is 0 Å². The van der Waals surface area contributed by atoms with E-state index in [-0.39, 0.29) is 12.5 Å². The van der Waals surface area contributed by atoms with Gasteiger partial charge in [0.15, 0.2) is 0 Å². The van der Waals surface area contributed by atoms with Crippen molar-refractivity contribution in [3.8, 4) is 0 Å². The molecule has 218 valence electrons. The van der Waals surface area contributed by atoms with Gasteiger partial charge in [0, 0.05) is 0 Å². The molecule has 5 heteroatoms. The highest BCUT2D eigenvalue weighted by Crippen LogP contribution is 2.21. The predicted molar refractivity (Wildman–Crippen MR) is 157 cm³/mol. The van der Waals surface area contributed by atoms with Crippen LogP contribution in [-0.2, 0) is 14.6 Å². The third-order valence-corrected chi connectivity index (χ3v) is 8.07. The van der Waals surface area contributed by atoms with E-state index in [9.17, 15) is 8.42 Å². The fraction of sp³-hybridized carbons (Fsp3) is 1.00. The predicted octanol–water partition coefficient (Wildman–Crippen LogP) is 11.0. The van der Waals surface area contributed by atoms with E-state index < -0.39 is 10.4 Å². The summed E-state index contributed by atoms with van der Waals surface area (Å²) in [6, 6.07) is 0. The van der Waals surface area contributed by atoms with Crippen LogP contribution in [-0.4, -0.2) is 19.6 Å². The summed E-state index contributed by atoms with van der Waals surface area (Å²) in [6.45, 7) is 4.64. The van der Waals surface area contributed by atoms with Crippen LogP contribution in [0.3, 0.4) is 0 Å². The summed E-state index contributed by atoms with van der Waals surface area (Å²) in [5.74, 6) is 0.240. The molecule has 0 aliphatic carbocycles. The van der Waals surface area contributed by atoms with Crippen LogP contribution >= 0.6 is 0 Å². The molecule has 0 rings (SSSR count). The summed E-state index contributed by atoms with van der Waals surface area (Å²) < 4.78 is 35.6. The molecule has 0 aromatic carbocycles. The molecule has 1 N–H and O–H groups in total. The van der Waals surface area contributed by atoms with Gasteiger partial charge in [-0.3, -0.25) is 4.55 Å². The summed E-state index contributed by atoms with van der Waals surface area (Å²) in [4.78, 5) is 0. The smallest absolute Gasteiger partial charge is 0.264 e. The summed E-state index contributed by atoms with van der Waals surface area (Å²) >= 11 is 0. The maximum absolute atomic E-state index is 11.0. The van der Waals surface area contributed by atoms with Crippen LogP contribution in [0.5, 0.6) is 0 Å². The fourth-order valence-electron chi connectivity index (χ4n) is 5.22. The first-order chi connectivity index (χ1) is 17.5. The quantitative estimate of drug-likeness (QED) is 0.0738. The summed E-state index contributed by atoms with van der Waals surface area (Å²) in [7, 11) is -4.33. The zero-order valence-corrected chi connectivity index (χ0v) is 25.3. The normalized spacial score (nSPS) is 12.9. The van der Waals surface area contributed by atoms with Crippen LogP contribution < -0.4 is 0 Å². The largest absolute Gasteiger partial charge is 0.397 e. The van der Waals surface area contributed by atoms with Crippen molar-refractivity contribution in [1.29, 1.82) is 0 Å². The Morgan fingerprint density at radius 3 is 0.972 bits per heavy atom. The summed E-state index contributed by atoms with van der Waals surface area (Å²) in [5, 5.41) is 0. The molecule has 0 radical (unpaired) electrons. The minimum atomic E-state index is -4.33. The number of unbranched alkanes of at least 4 members (excludes halogenated alkanes) is 23. The maximum atomic E-state index is 11.0. The van der Waals surface area contributed by atoms with Crippen molar-refractivity contribution in [2.75, 3.05) is 6.61 Å². The Morgan fingerprint density at radius 2 is 0.722 bits per heavy atom. The summed E-state index contributed by atoms with van der Waals surface area (Å²) in [5.41, 5.74) is 0. The van der Waals surface area contributed by atoms with Gasteiger partial charge in [0.2, 0.25) is 0 Å². The third-order valence-electron chi connectivity index (χ3n) is 7.63. The van der Waals surface area contributed by atoms with Gasteiger partial charge in [-0.05, 0) is 18.8 Å². The van der Waals surface area contributed by atoms with E-state index in [1.54, 1.807) is 0 Å². The minimum absolute atomic E-state index is 0.132. The van der Waals surface area contributed by atoms with E-state index in [2.05, 4.69) is 13.8 Å². The first-order valence-corrected chi connectivity index (χ1v) is 17.5. The van der Waals surface area contributed by atoms with E-state index in [4.69, 9.17) is 8.74 Å². The van der Waals surface area contributed by atoms with E-state index in [0.29, 0.717) is 0 Å². The van der Waals surface area contributed by atoms with E-state index >= 15 is 0 Å². The van der Waals surface area contributed by atoms with Gasteiger partial charge in [-0.15, -0.1) is 0 Å². The minimum Gasteiger partial charge on any atom is -0.264 e. The standard InChI is InChI=1S/C31H64O4S/c1-3-5-7-9-11-12-13-14-15-16-17-18-19-20-21-22-23-25-27-29-31(30-35-36(32,33)34)28-26-24-10-8-6-4-2/h31H,3-30H2,1-2H3,(H,32,33,34). The van der Waals surface area contributed by atoms with Crippen LogP contribution in [0.1, 0.15) is 187 Å². The van der Waals surface area contributed by atoms with Crippen LogP contribution in [0, 0.1) is 5.92 Å². The van der Waals surface area contributed by atoms with Gasteiger partial charge in [-0.25, -0.2) is 4.18 Å². The molecule has 0 aliphatic heterocycles. The molecule has 0 aliphatic rings. The zero-order valence-electron chi connectivity index (χ0n) is 24.5. The Balaban J connectivity index is 3.54. The van der Waals surface area contributed by atoms with Crippen molar-refractivity contribution < 1.29 is 17.2 Å². The topological polar surface area (TPSA) is 63.6 Å². The Kier molecular flexibility index (Phi) is 27.8. The lowest BCUT2D eigenvalue weighted by molar-refractivity contribution is 0.204. The third kappa shape index (κ3) is 30.1. The molecule has 0 saturated carbocycles. The maximum Gasteiger partial charge on any atom is 0.397 e. The first-order valence-electron chi connectivity index (χ1n) is 16.1. The molecule has 1 atom stereocenters. The molecular weight excluding hydrogens is 468 g/mol. The average Bonchev–Trinajstić information content (AvgIpc) is 2.85. The number of rotatable bonds is 30. The molecule has 0 aromatic rings. The first kappa shape index (κ1) is 35.9. The molecule has 1 unspecified atom stereocenters. The second-order valence-electron chi connectivity index (χ2n) is 11.3. The number of hydrogen-bond acceptors (Lipinski definition) is 3. The molecule has 0 aromatic heterocycles. The lowest BCUT2D eigenvalue weighted by atomic mass is 9.95. The van der Waals surface area contributed by atoms with Crippen molar-refractivity contribution in [1.82, 2.24) is 0 Å². The lowest BCUT2D eigenvalue weighted by Gasteiger charge is -2.16. The van der Waals surface area contributed by atoms with Crippen molar-refractivity contribution >= 4 is 10.4 Å². The monoisotopic (exact) mass is 532 g/mol. The Bertz CT molecular complexity index is 521. The molecule has 4 nitrogen and oxygen atoms in total. The molecular formula is C31H64O4S. The molecule has 0 fully saturated rings. The summed E-state index contributed by atoms with van der Waals surface area (Å²) in [6.07, 6.45) is 35.6. The Morgan fingerprint density at radius 1 is 0.472 bits per heavy atom. The van der Waals surface area contributed by atoms with Crippen molar-refractivity contribution in [3.63, 3.8) is 0 Å². The lowest BCUT2D eigenvalue weighted by Crippen LogP contribution is -2.14. The second-order valence-corrected chi connectivity index (χ2v) is 12.4. The van der Waals surface area contributed by atoms with Gasteiger partial charge < -0.3 is 0 Å². The number of hydrogen-bond donors (Lipinski definition) is 1. The second kappa shape index (κ2) is 27.9. The van der Waals surface area contributed by atoms with Gasteiger partial charge in [0.1, 0.15) is 0 Å². The van der Waals surface area contributed by atoms with Crippen molar-refractivity contribution in [2.24, 2.45) is 5.92 Å². The van der Waals surface area contributed by atoms with Gasteiger partial charge in [-0.2, -0.15) is 8.42 Å². The van der Waals surface area contributed by atoms with Crippen LogP contribution in [0.2, 0.25) is 0 Å². The van der Waals surface area contributed by atoms with E-state index in [1.807, 2.05) is 0 Å². The fourth-order valence-corrected chi connectivity index (χ4v) is 5.58. The van der Waals surface area contributed by atoms with Gasteiger partial charge >= 0.3 is 10.4 Å². The highest BCUT2D eigenvalue weighted by atomic mass is 32.3. The van der Waals surface area contributed by atoms with E-state index in [1.165, 1.54) is 148 Å².